The van der Waals surface area contributed by atoms with Gasteiger partial charge in [0, 0.05) is 13.6 Å². The van der Waals surface area contributed by atoms with Crippen LogP contribution in [0, 0.1) is 0 Å². The number of nitrogens with two attached hydrogens (primary N) is 1. The fourth-order valence-corrected chi connectivity index (χ4v) is 0.760. The summed E-state index contributed by atoms with van der Waals surface area (Å²) < 4.78 is 0. The molecular formula is C6H12N4S2. The zero-order valence-corrected chi connectivity index (χ0v) is 8.47. The maximum Gasteiger partial charge on any atom is 0.187 e. The SMILES string of the molecule is C=CCNC(=S)N(C)NC(N)=S. The van der Waals surface area contributed by atoms with Gasteiger partial charge in [-0.3, -0.25) is 10.4 Å². The molecule has 0 aromatic rings. The minimum absolute atomic E-state index is 0.181. The largest absolute Gasteiger partial charge is 0.375 e. The molecule has 4 nitrogen and oxygen atoms in total. The van der Waals surface area contributed by atoms with Crippen molar-refractivity contribution in [1.29, 1.82) is 0 Å². The van der Waals surface area contributed by atoms with E-state index in [1.807, 2.05) is 0 Å². The van der Waals surface area contributed by atoms with E-state index in [0.29, 0.717) is 11.7 Å². The van der Waals surface area contributed by atoms with Gasteiger partial charge in [-0.2, -0.15) is 0 Å². The van der Waals surface area contributed by atoms with E-state index in [0.717, 1.165) is 0 Å². The number of thiocarbonyl (C=S) groups is 2. The number of hydrogen-bond donors (Lipinski definition) is 3. The molecule has 0 aromatic carbocycles. The molecule has 0 fully saturated rings. The maximum absolute atomic E-state index is 5.23. The van der Waals surface area contributed by atoms with Crippen molar-refractivity contribution in [3.63, 3.8) is 0 Å². The Morgan fingerprint density at radius 2 is 2.25 bits per heavy atom. The average molecular weight is 204 g/mol. The highest BCUT2D eigenvalue weighted by molar-refractivity contribution is 7.80. The van der Waals surface area contributed by atoms with Gasteiger partial charge < -0.3 is 11.1 Å². The van der Waals surface area contributed by atoms with Crippen molar-refractivity contribution in [3.05, 3.63) is 12.7 Å². The molecule has 68 valence electrons. The second kappa shape index (κ2) is 5.73. The molecule has 0 bridgehead atoms. The van der Waals surface area contributed by atoms with Crippen molar-refractivity contribution in [2.75, 3.05) is 13.6 Å². The first-order valence-electron chi connectivity index (χ1n) is 3.26. The molecule has 0 rings (SSSR count). The fraction of sp³-hybridized carbons (Fsp3) is 0.333. The number of rotatable bonds is 2. The van der Waals surface area contributed by atoms with Gasteiger partial charge in [0.05, 0.1) is 0 Å². The second-order valence-corrected chi connectivity index (χ2v) is 2.84. The van der Waals surface area contributed by atoms with Crippen LogP contribution in [-0.2, 0) is 0 Å². The van der Waals surface area contributed by atoms with E-state index in [9.17, 15) is 0 Å². The van der Waals surface area contributed by atoms with Gasteiger partial charge in [0.25, 0.3) is 0 Å². The minimum atomic E-state index is 0.181. The molecule has 0 heterocycles. The molecule has 0 aliphatic rings. The van der Waals surface area contributed by atoms with Crippen molar-refractivity contribution in [2.45, 2.75) is 0 Å². The molecule has 0 atom stereocenters. The molecule has 0 amide bonds. The van der Waals surface area contributed by atoms with Crippen molar-refractivity contribution >= 4 is 34.7 Å². The van der Waals surface area contributed by atoms with E-state index in [-0.39, 0.29) is 5.11 Å². The van der Waals surface area contributed by atoms with Gasteiger partial charge in [0.15, 0.2) is 10.2 Å². The third-order valence-electron chi connectivity index (χ3n) is 0.980. The number of hydrazine groups is 1. The summed E-state index contributed by atoms with van der Waals surface area (Å²) in [6.45, 7) is 4.15. The van der Waals surface area contributed by atoms with E-state index in [1.165, 1.54) is 5.01 Å². The molecule has 0 saturated carbocycles. The van der Waals surface area contributed by atoms with E-state index in [2.05, 4.69) is 29.5 Å². The van der Waals surface area contributed by atoms with Gasteiger partial charge in [-0.05, 0) is 24.4 Å². The molecule has 0 saturated heterocycles. The molecule has 0 aliphatic carbocycles. The maximum atomic E-state index is 5.23. The van der Waals surface area contributed by atoms with E-state index >= 15 is 0 Å². The first-order chi connectivity index (χ1) is 5.57. The van der Waals surface area contributed by atoms with Gasteiger partial charge in [-0.15, -0.1) is 6.58 Å². The Labute approximate surface area is 82.8 Å². The zero-order chi connectivity index (χ0) is 9.56. The van der Waals surface area contributed by atoms with Crippen LogP contribution in [-0.4, -0.2) is 28.8 Å². The monoisotopic (exact) mass is 204 g/mol. The summed E-state index contributed by atoms with van der Waals surface area (Å²) in [6.07, 6.45) is 1.71. The highest BCUT2D eigenvalue weighted by Gasteiger charge is 2.00. The normalized spacial score (nSPS) is 8.42. The molecule has 6 heteroatoms. The van der Waals surface area contributed by atoms with Gasteiger partial charge in [-0.1, -0.05) is 6.08 Å². The van der Waals surface area contributed by atoms with Crippen molar-refractivity contribution in [2.24, 2.45) is 5.73 Å². The molecule has 4 N–H and O–H groups in total. The molecule has 0 aromatic heterocycles. The summed E-state index contributed by atoms with van der Waals surface area (Å²) in [6, 6.07) is 0. The van der Waals surface area contributed by atoms with Crippen LogP contribution in [0.5, 0.6) is 0 Å². The van der Waals surface area contributed by atoms with Crippen LogP contribution >= 0.6 is 24.4 Å². The van der Waals surface area contributed by atoms with Gasteiger partial charge >= 0.3 is 0 Å². The Bertz CT molecular complexity index is 192. The lowest BCUT2D eigenvalue weighted by Gasteiger charge is -2.20. The van der Waals surface area contributed by atoms with Crippen molar-refractivity contribution < 1.29 is 0 Å². The Balaban J connectivity index is 3.76. The Kier molecular flexibility index (Phi) is 5.31. The smallest absolute Gasteiger partial charge is 0.187 e. The number of hydrogen-bond acceptors (Lipinski definition) is 2. The van der Waals surface area contributed by atoms with Gasteiger partial charge in [0.2, 0.25) is 0 Å². The predicted octanol–water partition coefficient (Wildman–Crippen LogP) is -0.273. The molecule has 0 unspecified atom stereocenters. The average Bonchev–Trinajstić information content (AvgIpc) is 1.98. The molecule has 0 aliphatic heterocycles. The van der Waals surface area contributed by atoms with Crippen LogP contribution in [0.25, 0.3) is 0 Å². The lowest BCUT2D eigenvalue weighted by molar-refractivity contribution is 0.451. The zero-order valence-electron chi connectivity index (χ0n) is 6.83. The number of nitrogens with zero attached hydrogens (tertiary/aromatic N) is 1. The third kappa shape index (κ3) is 4.86. The standard InChI is InChI=1S/C6H12N4S2/c1-3-4-8-6(12)10(2)9-5(7)11/h3H,1,4H2,2H3,(H,8,12)(H3,7,9,11). The topological polar surface area (TPSA) is 53.3 Å². The van der Waals surface area contributed by atoms with Gasteiger partial charge in [-0.25, -0.2) is 0 Å². The minimum Gasteiger partial charge on any atom is -0.375 e. The van der Waals surface area contributed by atoms with Crippen LogP contribution in [0.4, 0.5) is 0 Å². The summed E-state index contributed by atoms with van der Waals surface area (Å²) in [5, 5.41) is 5.13. The Morgan fingerprint density at radius 3 is 2.67 bits per heavy atom. The number of nitrogens with one attached hydrogen (secondary N) is 2. The second-order valence-electron chi connectivity index (χ2n) is 2.01. The lowest BCUT2D eigenvalue weighted by Crippen LogP contribution is -2.49. The molecule has 0 radical (unpaired) electrons. The first-order valence-corrected chi connectivity index (χ1v) is 4.08. The lowest BCUT2D eigenvalue weighted by atomic mass is 10.6. The Morgan fingerprint density at radius 1 is 1.67 bits per heavy atom. The van der Waals surface area contributed by atoms with Crippen LogP contribution in [0.1, 0.15) is 0 Å². The van der Waals surface area contributed by atoms with Crippen LogP contribution < -0.4 is 16.5 Å². The molecule has 0 spiro atoms. The van der Waals surface area contributed by atoms with Crippen LogP contribution in [0.2, 0.25) is 0 Å². The fourth-order valence-electron chi connectivity index (χ4n) is 0.494. The van der Waals surface area contributed by atoms with Gasteiger partial charge in [0.1, 0.15) is 0 Å². The quantitative estimate of drug-likeness (QED) is 0.327. The third-order valence-corrected chi connectivity index (χ3v) is 1.49. The molecular weight excluding hydrogens is 192 g/mol. The van der Waals surface area contributed by atoms with E-state index < -0.39 is 0 Å². The highest BCUT2D eigenvalue weighted by atomic mass is 32.1. The summed E-state index contributed by atoms with van der Waals surface area (Å²) >= 11 is 9.57. The predicted molar refractivity (Wildman–Crippen MR) is 58.5 cm³/mol. The first kappa shape index (κ1) is 11.1. The van der Waals surface area contributed by atoms with Crippen molar-refractivity contribution in [3.8, 4) is 0 Å². The van der Waals surface area contributed by atoms with Crippen LogP contribution in [0.15, 0.2) is 12.7 Å². The highest BCUT2D eigenvalue weighted by Crippen LogP contribution is 1.78. The van der Waals surface area contributed by atoms with Crippen LogP contribution in [0.3, 0.4) is 0 Å². The van der Waals surface area contributed by atoms with E-state index in [4.69, 9.17) is 18.0 Å². The molecule has 12 heavy (non-hydrogen) atoms. The Hall–Kier alpha value is -0.880. The summed E-state index contributed by atoms with van der Waals surface area (Å²) in [5.74, 6) is 0. The summed E-state index contributed by atoms with van der Waals surface area (Å²) in [7, 11) is 1.72. The van der Waals surface area contributed by atoms with E-state index in [1.54, 1.807) is 13.1 Å². The van der Waals surface area contributed by atoms with Crippen molar-refractivity contribution in [1.82, 2.24) is 15.8 Å². The summed E-state index contributed by atoms with van der Waals surface area (Å²) in [4.78, 5) is 0. The summed E-state index contributed by atoms with van der Waals surface area (Å²) in [5.41, 5.74) is 7.89.